The van der Waals surface area contributed by atoms with E-state index in [1.807, 2.05) is 6.92 Å². The van der Waals surface area contributed by atoms with Gasteiger partial charge in [0.2, 0.25) is 56.3 Å². The lowest BCUT2D eigenvalue weighted by atomic mass is 9.81. The number of sulfone groups is 1. The van der Waals surface area contributed by atoms with Crippen molar-refractivity contribution in [2.45, 2.75) is 120 Å². The SMILES string of the molecule is CC[C@@]1(O)C(=O)OCc2c1cc1n(c2=O)Cc2c-1nc1cc(Cl)c(C)c3c1c2[C@@H](NC(=O)COCNC(=O)CNC(=O)[C@H](Cc1ccccc1)NC(=O)CNC(=O)CNC(=O)[C@H](CCCCN)NC(=O)CCCC#Cc1cnc(S(C)(=O)=O)nc1)CC3. The molecule has 5 heterocycles. The zero-order valence-electron chi connectivity index (χ0n) is 48.1. The maximum atomic E-state index is 14.0. The Morgan fingerprint density at radius 2 is 1.57 bits per heavy atom. The van der Waals surface area contributed by atoms with Crippen molar-refractivity contribution >= 4 is 79.7 Å². The predicted octanol–water partition coefficient (Wildman–Crippen LogP) is 0.341. The van der Waals surface area contributed by atoms with E-state index in [-0.39, 0.29) is 55.1 Å². The van der Waals surface area contributed by atoms with Gasteiger partial charge in [-0.05, 0) is 92.8 Å². The minimum Gasteiger partial charge on any atom is -0.458 e. The van der Waals surface area contributed by atoms with E-state index < -0.39 is 119 Å². The van der Waals surface area contributed by atoms with Gasteiger partial charge in [-0.15, -0.1) is 0 Å². The number of aliphatic hydroxyl groups is 1. The standard InChI is InChI=1S/C59H67ClN12O14S/c1-4-59(82)39-22-45-53-37(29-72(45)56(80)38(39)30-86-57(59)81)52-41(19-18-36-33(2)40(60)23-43(71-53)51(36)52)68-50(77)31-85-32-67-48(75)27-64-55(79)44(21-34-13-7-5-8-14-34)70-49(76)28-62-47(74)26-63-54(78)42(16-11-12-20-61)69-46(73)17-10-6-9-15-35-24-65-58(66-25-35)87(3,83)84/h5,7-8,13-14,22-25,41-42,44,82H,4,6,10-12,16-21,26-32,61H2,1-3H3,(H,62,74)(H,63,78)(H,64,79)(H,67,75)(H,68,77)(H,69,73)(H,70,76)/t41-,42-,44-,59-/m0/s1. The second kappa shape index (κ2) is 28.7. The summed E-state index contributed by atoms with van der Waals surface area (Å²) in [4.78, 5) is 131. The monoisotopic (exact) mass is 1230 g/mol. The number of benzene rings is 2. The van der Waals surface area contributed by atoms with Gasteiger partial charge in [-0.3, -0.25) is 38.4 Å². The molecule has 0 unspecified atom stereocenters. The van der Waals surface area contributed by atoms with Crippen LogP contribution in [0, 0.1) is 18.8 Å². The molecule has 460 valence electrons. The number of unbranched alkanes of at least 4 members (excludes halogenated alkanes) is 2. The number of fused-ring (bicyclic) bond motifs is 5. The zero-order chi connectivity index (χ0) is 62.6. The smallest absolute Gasteiger partial charge is 0.343 e. The number of ether oxygens (including phenoxy) is 2. The van der Waals surface area contributed by atoms with E-state index in [1.54, 1.807) is 49.4 Å². The van der Waals surface area contributed by atoms with Crippen LogP contribution in [0.15, 0.2) is 64.8 Å². The molecule has 28 heteroatoms. The van der Waals surface area contributed by atoms with Crippen LogP contribution in [-0.2, 0) is 89.3 Å². The first-order valence-electron chi connectivity index (χ1n) is 28.2. The summed E-state index contributed by atoms with van der Waals surface area (Å²) in [6.07, 6.45) is 6.52. The highest BCUT2D eigenvalue weighted by Crippen LogP contribution is 2.46. The van der Waals surface area contributed by atoms with Crippen molar-refractivity contribution in [1.82, 2.24) is 56.7 Å². The third-order valence-electron chi connectivity index (χ3n) is 15.0. The summed E-state index contributed by atoms with van der Waals surface area (Å²) in [5, 5.41) is 30.6. The van der Waals surface area contributed by atoms with Crippen molar-refractivity contribution in [3.8, 4) is 23.2 Å². The van der Waals surface area contributed by atoms with Gasteiger partial charge in [0.05, 0.1) is 60.3 Å². The van der Waals surface area contributed by atoms with Gasteiger partial charge in [-0.1, -0.05) is 60.7 Å². The van der Waals surface area contributed by atoms with E-state index in [4.69, 9.17) is 31.8 Å². The molecule has 2 aliphatic heterocycles. The van der Waals surface area contributed by atoms with Crippen molar-refractivity contribution in [2.24, 2.45) is 5.73 Å². The van der Waals surface area contributed by atoms with Gasteiger partial charge in [0.25, 0.3) is 5.56 Å². The first-order valence-corrected chi connectivity index (χ1v) is 30.5. The van der Waals surface area contributed by atoms with Gasteiger partial charge < -0.3 is 62.1 Å². The molecule has 3 aliphatic rings. The number of hydrogen-bond donors (Lipinski definition) is 9. The van der Waals surface area contributed by atoms with Crippen LogP contribution in [-0.4, -0.2) is 138 Å². The Balaban J connectivity index is 0.792. The van der Waals surface area contributed by atoms with Crippen LogP contribution in [0.1, 0.15) is 109 Å². The number of carbonyl (C=O) groups is 8. The molecule has 0 saturated carbocycles. The quantitative estimate of drug-likeness (QED) is 0.0116. The minimum atomic E-state index is -3.56. The molecule has 26 nitrogen and oxygen atoms in total. The largest absolute Gasteiger partial charge is 0.458 e. The molecule has 0 spiro atoms. The number of rotatable bonds is 26. The van der Waals surface area contributed by atoms with Gasteiger partial charge >= 0.3 is 5.97 Å². The fraction of sp³-hybridized carbons (Fsp3) is 0.424. The number of pyridine rings is 2. The normalized spacial score (nSPS) is 16.1. The number of aromatic nitrogens is 4. The van der Waals surface area contributed by atoms with E-state index >= 15 is 0 Å². The molecular formula is C59H67ClN12O14S. The average Bonchev–Trinajstić information content (AvgIpc) is 1.65. The van der Waals surface area contributed by atoms with Gasteiger partial charge in [0.1, 0.15) is 32.0 Å². The molecule has 1 aliphatic carbocycles. The molecule has 3 aromatic heterocycles. The lowest BCUT2D eigenvalue weighted by molar-refractivity contribution is -0.172. The van der Waals surface area contributed by atoms with Crippen LogP contribution in [0.3, 0.4) is 0 Å². The number of cyclic esters (lactones) is 1. The lowest BCUT2D eigenvalue weighted by Crippen LogP contribution is -2.53. The summed E-state index contributed by atoms with van der Waals surface area (Å²) in [6.45, 7) is 1.13. The molecule has 10 N–H and O–H groups in total. The molecule has 0 bridgehead atoms. The molecule has 0 saturated heterocycles. The molecule has 4 atom stereocenters. The Hall–Kier alpha value is -8.68. The number of hydrogen-bond acceptors (Lipinski definition) is 18. The number of amides is 7. The minimum absolute atomic E-state index is 0.00762. The van der Waals surface area contributed by atoms with Gasteiger partial charge in [-0.25, -0.2) is 28.2 Å². The lowest BCUT2D eigenvalue weighted by Gasteiger charge is -2.31. The first kappa shape index (κ1) is 64.3. The summed E-state index contributed by atoms with van der Waals surface area (Å²) < 4.78 is 35.5. The van der Waals surface area contributed by atoms with E-state index in [0.717, 1.165) is 28.3 Å². The zero-order valence-corrected chi connectivity index (χ0v) is 49.6. The predicted molar refractivity (Wildman–Crippen MR) is 314 cm³/mol. The Morgan fingerprint density at radius 3 is 2.28 bits per heavy atom. The third-order valence-corrected chi connectivity index (χ3v) is 16.3. The van der Waals surface area contributed by atoms with Crippen LogP contribution in [0.2, 0.25) is 5.02 Å². The Labute approximate surface area is 505 Å². The van der Waals surface area contributed by atoms with E-state index in [0.29, 0.717) is 83.7 Å². The first-order chi connectivity index (χ1) is 41.6. The fourth-order valence-corrected chi connectivity index (χ4v) is 11.2. The van der Waals surface area contributed by atoms with Crippen LogP contribution in [0.25, 0.3) is 22.3 Å². The molecule has 0 radical (unpaired) electrons. The van der Waals surface area contributed by atoms with Crippen LogP contribution < -0.4 is 48.5 Å². The molecule has 7 amide bonds. The van der Waals surface area contributed by atoms with Crippen molar-refractivity contribution in [3.63, 3.8) is 0 Å². The van der Waals surface area contributed by atoms with Crippen molar-refractivity contribution < 1.29 is 61.4 Å². The maximum Gasteiger partial charge on any atom is 0.343 e. The topological polar surface area (TPSA) is 380 Å². The second-order valence-electron chi connectivity index (χ2n) is 21.2. The molecular weight excluding hydrogens is 1170 g/mol. The maximum absolute atomic E-state index is 14.0. The van der Waals surface area contributed by atoms with Crippen molar-refractivity contribution in [3.05, 3.63) is 115 Å². The number of esters is 1. The van der Waals surface area contributed by atoms with Crippen LogP contribution >= 0.6 is 11.6 Å². The highest BCUT2D eigenvalue weighted by Gasteiger charge is 2.46. The highest BCUT2D eigenvalue weighted by atomic mass is 35.5. The number of nitrogens with zero attached hydrogens (tertiary/aromatic N) is 4. The number of nitrogens with two attached hydrogens (primary N) is 1. The summed E-state index contributed by atoms with van der Waals surface area (Å²) >= 11 is 6.72. The Kier molecular flexibility index (Phi) is 21.2. The third kappa shape index (κ3) is 15.7. The molecule has 87 heavy (non-hydrogen) atoms. The van der Waals surface area contributed by atoms with Crippen LogP contribution in [0.4, 0.5) is 0 Å². The van der Waals surface area contributed by atoms with Gasteiger partial charge in [0, 0.05) is 59.4 Å². The molecule has 5 aromatic rings. The molecule has 8 rings (SSSR count). The van der Waals surface area contributed by atoms with Gasteiger partial charge in [0.15, 0.2) is 5.60 Å². The van der Waals surface area contributed by atoms with E-state index in [2.05, 4.69) is 59.0 Å². The summed E-state index contributed by atoms with van der Waals surface area (Å²) in [6, 6.07) is 9.30. The fourth-order valence-electron chi connectivity index (χ4n) is 10.5. The van der Waals surface area contributed by atoms with E-state index in [9.17, 15) is 56.7 Å². The number of carbonyl (C=O) groups excluding carboxylic acids is 8. The van der Waals surface area contributed by atoms with E-state index in [1.165, 1.54) is 17.0 Å². The number of aryl methyl sites for hydroxylation is 1. The molecule has 0 fully saturated rings. The Morgan fingerprint density at radius 1 is 0.885 bits per heavy atom. The number of nitrogens with one attached hydrogen (secondary N) is 7. The highest BCUT2D eigenvalue weighted by molar-refractivity contribution is 7.90. The van der Waals surface area contributed by atoms with Crippen LogP contribution in [0.5, 0.6) is 0 Å². The molecule has 2 aromatic carbocycles. The average molecular weight is 1240 g/mol. The summed E-state index contributed by atoms with van der Waals surface area (Å²) in [5.74, 6) is 0.325. The second-order valence-corrected chi connectivity index (χ2v) is 23.5. The summed E-state index contributed by atoms with van der Waals surface area (Å²) in [5.41, 5.74) is 9.20. The summed E-state index contributed by atoms with van der Waals surface area (Å²) in [7, 11) is -3.56. The number of halogens is 1. The van der Waals surface area contributed by atoms with Crippen molar-refractivity contribution in [1.29, 1.82) is 0 Å². The van der Waals surface area contributed by atoms with Gasteiger partial charge in [-0.2, -0.15) is 0 Å². The van der Waals surface area contributed by atoms with Crippen molar-refractivity contribution in [2.75, 3.05) is 45.8 Å². The Bertz CT molecular complexity index is 3760.